The van der Waals surface area contributed by atoms with Gasteiger partial charge in [0.25, 0.3) is 0 Å². The molecule has 0 radical (unpaired) electrons. The Hall–Kier alpha value is -2.12. The van der Waals surface area contributed by atoms with Crippen LogP contribution >= 0.6 is 23.2 Å². The zero-order valence-corrected chi connectivity index (χ0v) is 19.6. The molecule has 0 aliphatic carbocycles. The van der Waals surface area contributed by atoms with E-state index in [9.17, 15) is 9.59 Å². The van der Waals surface area contributed by atoms with Gasteiger partial charge >= 0.3 is 12.2 Å². The highest BCUT2D eigenvalue weighted by Crippen LogP contribution is 2.39. The van der Waals surface area contributed by atoms with Crippen molar-refractivity contribution in [3.8, 4) is 0 Å². The topological polar surface area (TPSA) is 72.8 Å². The zero-order chi connectivity index (χ0) is 22.4. The van der Waals surface area contributed by atoms with Gasteiger partial charge in [0.15, 0.2) is 0 Å². The molecule has 2 amide bonds. The number of halogens is 2. The van der Waals surface area contributed by atoms with E-state index in [-0.39, 0.29) is 6.09 Å². The van der Waals surface area contributed by atoms with Crippen molar-refractivity contribution < 1.29 is 19.1 Å². The minimum absolute atomic E-state index is 0.325. The van der Waals surface area contributed by atoms with Crippen molar-refractivity contribution in [1.82, 2.24) is 9.47 Å². The molecule has 1 N–H and O–H groups in total. The molecule has 7 nitrogen and oxygen atoms in total. The van der Waals surface area contributed by atoms with Gasteiger partial charge in [-0.2, -0.15) is 0 Å². The molecule has 0 saturated heterocycles. The Kier molecular flexibility index (Phi) is 5.91. The lowest BCUT2D eigenvalue weighted by molar-refractivity contribution is 0.0200. The average molecular weight is 456 g/mol. The number of hydrogen-bond acceptors (Lipinski definition) is 4. The van der Waals surface area contributed by atoms with Gasteiger partial charge in [0, 0.05) is 24.2 Å². The fourth-order valence-corrected chi connectivity index (χ4v) is 3.76. The highest BCUT2D eigenvalue weighted by Gasteiger charge is 2.28. The maximum Gasteiger partial charge on any atom is 0.412 e. The summed E-state index contributed by atoms with van der Waals surface area (Å²) in [5.41, 5.74) is 0.891. The lowest BCUT2D eigenvalue weighted by Crippen LogP contribution is -2.41. The smallest absolute Gasteiger partial charge is 0.412 e. The Morgan fingerprint density at radius 2 is 1.63 bits per heavy atom. The molecule has 9 heteroatoms. The summed E-state index contributed by atoms with van der Waals surface area (Å²) in [6.07, 6.45) is -0.947. The van der Waals surface area contributed by atoms with Crippen molar-refractivity contribution in [2.45, 2.75) is 65.8 Å². The standard InChI is InChI=1S/C21H27Cl2N3O4/c1-20(2,3)29-18(27)24-15-10-14(22)16(23)17-13(15)9-12-11-25(7-8-26(12)17)19(28)30-21(4,5)6/h9-10H,7-8,11H2,1-6H3,(H,24,27). The molecule has 2 heterocycles. The highest BCUT2D eigenvalue weighted by molar-refractivity contribution is 6.45. The van der Waals surface area contributed by atoms with E-state index in [2.05, 4.69) is 5.32 Å². The first kappa shape index (κ1) is 22.6. The summed E-state index contributed by atoms with van der Waals surface area (Å²) < 4.78 is 12.9. The third-order valence-electron chi connectivity index (χ3n) is 4.40. The van der Waals surface area contributed by atoms with Gasteiger partial charge in [0.1, 0.15) is 11.2 Å². The van der Waals surface area contributed by atoms with E-state index in [0.717, 1.165) is 11.1 Å². The minimum atomic E-state index is -0.632. The quantitative estimate of drug-likeness (QED) is 0.568. The molecule has 30 heavy (non-hydrogen) atoms. The minimum Gasteiger partial charge on any atom is -0.444 e. The number of aromatic nitrogens is 1. The Morgan fingerprint density at radius 3 is 2.23 bits per heavy atom. The third-order valence-corrected chi connectivity index (χ3v) is 5.17. The average Bonchev–Trinajstić information content (AvgIpc) is 2.95. The van der Waals surface area contributed by atoms with Crippen molar-refractivity contribution in [3.63, 3.8) is 0 Å². The molecule has 0 fully saturated rings. The molecule has 0 saturated carbocycles. The van der Waals surface area contributed by atoms with E-state index in [1.807, 2.05) is 31.4 Å². The number of rotatable bonds is 1. The summed E-state index contributed by atoms with van der Waals surface area (Å²) >= 11 is 12.8. The van der Waals surface area contributed by atoms with E-state index < -0.39 is 17.3 Å². The van der Waals surface area contributed by atoms with Gasteiger partial charge in [-0.25, -0.2) is 9.59 Å². The first-order chi connectivity index (χ1) is 13.7. The van der Waals surface area contributed by atoms with Crippen molar-refractivity contribution in [2.24, 2.45) is 0 Å². The van der Waals surface area contributed by atoms with Crippen molar-refractivity contribution in [1.29, 1.82) is 0 Å². The number of nitrogens with zero attached hydrogens (tertiary/aromatic N) is 2. The number of benzene rings is 1. The largest absolute Gasteiger partial charge is 0.444 e. The van der Waals surface area contributed by atoms with E-state index in [1.54, 1.807) is 31.7 Å². The number of amides is 2. The molecular weight excluding hydrogens is 429 g/mol. The molecule has 0 atom stereocenters. The van der Waals surface area contributed by atoms with Crippen LogP contribution in [0.25, 0.3) is 10.9 Å². The van der Waals surface area contributed by atoms with Gasteiger partial charge in [-0.1, -0.05) is 23.2 Å². The summed E-state index contributed by atoms with van der Waals surface area (Å²) in [5, 5.41) is 4.22. The Labute approximate surface area is 186 Å². The van der Waals surface area contributed by atoms with Gasteiger partial charge in [-0.15, -0.1) is 0 Å². The van der Waals surface area contributed by atoms with Crippen LogP contribution in [-0.2, 0) is 22.6 Å². The second kappa shape index (κ2) is 7.85. The summed E-state index contributed by atoms with van der Waals surface area (Å²) in [6.45, 7) is 12.3. The predicted octanol–water partition coefficient (Wildman–Crippen LogP) is 6.05. The molecule has 164 valence electrons. The van der Waals surface area contributed by atoms with Crippen LogP contribution in [0.2, 0.25) is 10.0 Å². The molecule has 0 spiro atoms. The second-order valence-corrected chi connectivity index (χ2v) is 10.1. The fourth-order valence-electron chi connectivity index (χ4n) is 3.31. The monoisotopic (exact) mass is 455 g/mol. The molecule has 1 aromatic carbocycles. The zero-order valence-electron chi connectivity index (χ0n) is 18.1. The molecule has 3 rings (SSSR count). The summed E-state index contributed by atoms with van der Waals surface area (Å²) in [7, 11) is 0. The van der Waals surface area contributed by atoms with Crippen molar-refractivity contribution in [2.75, 3.05) is 11.9 Å². The Balaban J connectivity index is 1.95. The number of hydrogen-bond donors (Lipinski definition) is 1. The van der Waals surface area contributed by atoms with Gasteiger partial charge in [-0.3, -0.25) is 5.32 Å². The van der Waals surface area contributed by atoms with Crippen LogP contribution in [0.4, 0.5) is 15.3 Å². The molecule has 2 aromatic rings. The molecule has 0 bridgehead atoms. The molecule has 0 unspecified atom stereocenters. The summed E-state index contributed by atoms with van der Waals surface area (Å²) in [6, 6.07) is 3.51. The SMILES string of the molecule is CC(C)(C)OC(=O)Nc1cc(Cl)c(Cl)c2c1cc1n2CCN(C(=O)OC(C)(C)C)C1. The van der Waals surface area contributed by atoms with Crippen LogP contribution in [0.1, 0.15) is 47.2 Å². The van der Waals surface area contributed by atoms with Crippen molar-refractivity contribution in [3.05, 3.63) is 27.9 Å². The van der Waals surface area contributed by atoms with Gasteiger partial charge in [0.05, 0.1) is 27.8 Å². The Morgan fingerprint density at radius 1 is 1.00 bits per heavy atom. The number of carbonyl (C=O) groups is 2. The van der Waals surface area contributed by atoms with Crippen LogP contribution in [0, 0.1) is 0 Å². The van der Waals surface area contributed by atoms with Gasteiger partial charge in [0.2, 0.25) is 0 Å². The van der Waals surface area contributed by atoms with E-state index >= 15 is 0 Å². The predicted molar refractivity (Wildman–Crippen MR) is 118 cm³/mol. The first-order valence-electron chi connectivity index (χ1n) is 9.73. The molecular formula is C21H27Cl2N3O4. The van der Waals surface area contributed by atoms with Crippen LogP contribution in [-0.4, -0.2) is 39.4 Å². The molecule has 1 aliphatic rings. The number of carbonyl (C=O) groups excluding carboxylic acids is 2. The van der Waals surface area contributed by atoms with Gasteiger partial charge in [-0.05, 0) is 53.7 Å². The van der Waals surface area contributed by atoms with E-state index in [4.69, 9.17) is 32.7 Å². The maximum absolute atomic E-state index is 12.5. The van der Waals surface area contributed by atoms with Crippen LogP contribution in [0.5, 0.6) is 0 Å². The maximum atomic E-state index is 12.5. The summed E-state index contributed by atoms with van der Waals surface area (Å²) in [5.74, 6) is 0. The lowest BCUT2D eigenvalue weighted by Gasteiger charge is -2.31. The van der Waals surface area contributed by atoms with E-state index in [0.29, 0.717) is 40.9 Å². The third kappa shape index (κ3) is 4.95. The molecule has 1 aliphatic heterocycles. The van der Waals surface area contributed by atoms with Crippen molar-refractivity contribution >= 4 is 52.0 Å². The molecule has 1 aromatic heterocycles. The van der Waals surface area contributed by atoms with Crippen LogP contribution in [0.3, 0.4) is 0 Å². The van der Waals surface area contributed by atoms with E-state index in [1.165, 1.54) is 0 Å². The normalized spacial score (nSPS) is 14.5. The highest BCUT2D eigenvalue weighted by atomic mass is 35.5. The fraction of sp³-hybridized carbons (Fsp3) is 0.524. The van der Waals surface area contributed by atoms with Crippen LogP contribution < -0.4 is 5.32 Å². The number of fused-ring (bicyclic) bond motifs is 3. The van der Waals surface area contributed by atoms with Crippen LogP contribution in [0.15, 0.2) is 12.1 Å². The number of ether oxygens (including phenoxy) is 2. The first-order valence-corrected chi connectivity index (χ1v) is 10.5. The summed E-state index contributed by atoms with van der Waals surface area (Å²) in [4.78, 5) is 26.4. The number of anilines is 1. The van der Waals surface area contributed by atoms with Gasteiger partial charge < -0.3 is 18.9 Å². The second-order valence-electron chi connectivity index (χ2n) is 9.30. The number of nitrogens with one attached hydrogen (secondary N) is 1. The Bertz CT molecular complexity index is 1000. The lowest BCUT2D eigenvalue weighted by atomic mass is 10.2.